The standard InChI is InChI=1S/C11H17ClN2S/c12-10-6-5-9(15-10)11(14)7-1-3-8(13)4-2-7/h5-8,11H,1-4,13-14H2. The van der Waals surface area contributed by atoms with Crippen LogP contribution in [0.3, 0.4) is 0 Å². The molecule has 84 valence electrons. The Kier molecular flexibility index (Phi) is 3.67. The Bertz CT molecular complexity index is 318. The maximum Gasteiger partial charge on any atom is 0.0931 e. The van der Waals surface area contributed by atoms with Crippen molar-refractivity contribution < 1.29 is 0 Å². The summed E-state index contributed by atoms with van der Waals surface area (Å²) in [6.45, 7) is 0. The third-order valence-corrected chi connectivity index (χ3v) is 4.58. The van der Waals surface area contributed by atoms with E-state index in [1.165, 1.54) is 4.88 Å². The van der Waals surface area contributed by atoms with Crippen molar-refractivity contribution in [1.82, 2.24) is 0 Å². The monoisotopic (exact) mass is 244 g/mol. The van der Waals surface area contributed by atoms with Gasteiger partial charge in [-0.15, -0.1) is 11.3 Å². The fraction of sp³-hybridized carbons (Fsp3) is 0.636. The van der Waals surface area contributed by atoms with Crippen molar-refractivity contribution in [1.29, 1.82) is 0 Å². The molecule has 1 unspecified atom stereocenters. The zero-order valence-corrected chi connectivity index (χ0v) is 10.2. The van der Waals surface area contributed by atoms with E-state index in [1.807, 2.05) is 12.1 Å². The smallest absolute Gasteiger partial charge is 0.0931 e. The van der Waals surface area contributed by atoms with E-state index in [9.17, 15) is 0 Å². The molecule has 1 aromatic rings. The molecule has 4 N–H and O–H groups in total. The van der Waals surface area contributed by atoms with Crippen LogP contribution in [0.2, 0.25) is 4.34 Å². The van der Waals surface area contributed by atoms with Gasteiger partial charge in [-0.3, -0.25) is 0 Å². The molecule has 0 bridgehead atoms. The summed E-state index contributed by atoms with van der Waals surface area (Å²) in [5.41, 5.74) is 12.1. The van der Waals surface area contributed by atoms with Crippen LogP contribution in [0.25, 0.3) is 0 Å². The molecule has 0 radical (unpaired) electrons. The fourth-order valence-corrected chi connectivity index (χ4v) is 3.40. The lowest BCUT2D eigenvalue weighted by Crippen LogP contribution is -2.31. The predicted octanol–water partition coefficient (Wildman–Crippen LogP) is 2.92. The number of halogens is 1. The summed E-state index contributed by atoms with van der Waals surface area (Å²) in [6, 6.07) is 4.51. The summed E-state index contributed by atoms with van der Waals surface area (Å²) < 4.78 is 0.827. The van der Waals surface area contributed by atoms with Gasteiger partial charge in [0.1, 0.15) is 0 Å². The Hall–Kier alpha value is -0.0900. The normalized spacial score (nSPS) is 29.0. The molecule has 2 rings (SSSR count). The average molecular weight is 245 g/mol. The first-order chi connectivity index (χ1) is 7.16. The molecule has 0 saturated heterocycles. The molecular weight excluding hydrogens is 228 g/mol. The molecule has 15 heavy (non-hydrogen) atoms. The second-order valence-electron chi connectivity index (χ2n) is 4.34. The van der Waals surface area contributed by atoms with E-state index in [0.29, 0.717) is 12.0 Å². The van der Waals surface area contributed by atoms with Gasteiger partial charge in [-0.25, -0.2) is 0 Å². The summed E-state index contributed by atoms with van der Waals surface area (Å²) in [4.78, 5) is 1.21. The van der Waals surface area contributed by atoms with Crippen LogP contribution in [-0.2, 0) is 0 Å². The van der Waals surface area contributed by atoms with Crippen molar-refractivity contribution >= 4 is 22.9 Å². The Morgan fingerprint density at radius 2 is 1.93 bits per heavy atom. The van der Waals surface area contributed by atoms with Gasteiger partial charge in [0.15, 0.2) is 0 Å². The number of thiophene rings is 1. The molecule has 1 aromatic heterocycles. The third kappa shape index (κ3) is 2.72. The number of nitrogens with two attached hydrogens (primary N) is 2. The van der Waals surface area contributed by atoms with Gasteiger partial charge in [-0.2, -0.15) is 0 Å². The highest BCUT2D eigenvalue weighted by Crippen LogP contribution is 2.36. The lowest BCUT2D eigenvalue weighted by molar-refractivity contribution is 0.287. The summed E-state index contributed by atoms with van der Waals surface area (Å²) in [5, 5.41) is 0. The Balaban J connectivity index is 1.99. The minimum absolute atomic E-state index is 0.148. The molecule has 1 aliphatic rings. The van der Waals surface area contributed by atoms with Crippen molar-refractivity contribution in [3.8, 4) is 0 Å². The maximum atomic E-state index is 6.24. The number of hydrogen-bond acceptors (Lipinski definition) is 3. The quantitative estimate of drug-likeness (QED) is 0.841. The van der Waals surface area contributed by atoms with E-state index in [2.05, 4.69) is 0 Å². The molecule has 0 aromatic carbocycles. The Morgan fingerprint density at radius 1 is 1.27 bits per heavy atom. The van der Waals surface area contributed by atoms with Crippen LogP contribution in [0.1, 0.15) is 36.6 Å². The zero-order valence-electron chi connectivity index (χ0n) is 8.66. The summed E-state index contributed by atoms with van der Waals surface area (Å²) in [7, 11) is 0. The van der Waals surface area contributed by atoms with Crippen molar-refractivity contribution in [3.05, 3.63) is 21.3 Å². The zero-order chi connectivity index (χ0) is 10.8. The predicted molar refractivity (Wildman–Crippen MR) is 66.2 cm³/mol. The van der Waals surface area contributed by atoms with Crippen LogP contribution in [0.15, 0.2) is 12.1 Å². The summed E-state index contributed by atoms with van der Waals surface area (Å²) >= 11 is 7.51. The van der Waals surface area contributed by atoms with Gasteiger partial charge in [0.05, 0.1) is 4.34 Å². The van der Waals surface area contributed by atoms with Crippen LogP contribution >= 0.6 is 22.9 Å². The van der Waals surface area contributed by atoms with E-state index >= 15 is 0 Å². The number of rotatable bonds is 2. The van der Waals surface area contributed by atoms with Crippen LogP contribution in [-0.4, -0.2) is 6.04 Å². The van der Waals surface area contributed by atoms with Crippen molar-refractivity contribution in [2.75, 3.05) is 0 Å². The highest BCUT2D eigenvalue weighted by molar-refractivity contribution is 7.16. The molecule has 4 heteroatoms. The second kappa shape index (κ2) is 4.83. The van der Waals surface area contributed by atoms with Crippen LogP contribution in [0.5, 0.6) is 0 Å². The van der Waals surface area contributed by atoms with Gasteiger partial charge in [0.2, 0.25) is 0 Å². The SMILES string of the molecule is NC1CCC(C(N)c2ccc(Cl)s2)CC1. The lowest BCUT2D eigenvalue weighted by atomic mass is 9.82. The number of hydrogen-bond donors (Lipinski definition) is 2. The van der Waals surface area contributed by atoms with Crippen molar-refractivity contribution in [2.45, 2.75) is 37.8 Å². The van der Waals surface area contributed by atoms with Gasteiger partial charge in [0.25, 0.3) is 0 Å². The van der Waals surface area contributed by atoms with E-state index in [-0.39, 0.29) is 6.04 Å². The minimum atomic E-state index is 0.148. The van der Waals surface area contributed by atoms with Gasteiger partial charge < -0.3 is 11.5 Å². The largest absolute Gasteiger partial charge is 0.328 e. The molecule has 0 amide bonds. The molecule has 0 spiro atoms. The molecule has 1 saturated carbocycles. The van der Waals surface area contributed by atoms with Gasteiger partial charge in [-0.05, 0) is 43.7 Å². The second-order valence-corrected chi connectivity index (χ2v) is 6.09. The molecule has 1 heterocycles. The average Bonchev–Trinajstić information content (AvgIpc) is 2.65. The molecule has 0 aliphatic heterocycles. The van der Waals surface area contributed by atoms with E-state index < -0.39 is 0 Å². The molecule has 2 nitrogen and oxygen atoms in total. The third-order valence-electron chi connectivity index (χ3n) is 3.25. The maximum absolute atomic E-state index is 6.24. The molecule has 1 fully saturated rings. The fourth-order valence-electron chi connectivity index (χ4n) is 2.24. The first-order valence-electron chi connectivity index (χ1n) is 5.43. The topological polar surface area (TPSA) is 52.0 Å². The van der Waals surface area contributed by atoms with Crippen LogP contribution < -0.4 is 11.5 Å². The highest BCUT2D eigenvalue weighted by Gasteiger charge is 2.25. The van der Waals surface area contributed by atoms with Crippen molar-refractivity contribution in [2.24, 2.45) is 17.4 Å². The van der Waals surface area contributed by atoms with E-state index in [0.717, 1.165) is 30.0 Å². The first-order valence-corrected chi connectivity index (χ1v) is 6.62. The Morgan fingerprint density at radius 3 is 2.47 bits per heavy atom. The van der Waals surface area contributed by atoms with Gasteiger partial charge in [-0.1, -0.05) is 11.6 Å². The molecular formula is C11H17ClN2S. The van der Waals surface area contributed by atoms with Gasteiger partial charge >= 0.3 is 0 Å². The Labute approximate surface area is 99.6 Å². The lowest BCUT2D eigenvalue weighted by Gasteiger charge is -2.29. The molecule has 1 aliphatic carbocycles. The van der Waals surface area contributed by atoms with Crippen molar-refractivity contribution in [3.63, 3.8) is 0 Å². The minimum Gasteiger partial charge on any atom is -0.328 e. The van der Waals surface area contributed by atoms with E-state index in [1.54, 1.807) is 11.3 Å². The van der Waals surface area contributed by atoms with Crippen LogP contribution in [0.4, 0.5) is 0 Å². The summed E-state index contributed by atoms with van der Waals surface area (Å²) in [5.74, 6) is 0.583. The van der Waals surface area contributed by atoms with Gasteiger partial charge in [0, 0.05) is 17.0 Å². The highest BCUT2D eigenvalue weighted by atomic mass is 35.5. The summed E-state index contributed by atoms with van der Waals surface area (Å²) in [6.07, 6.45) is 4.52. The van der Waals surface area contributed by atoms with E-state index in [4.69, 9.17) is 23.1 Å². The molecule has 1 atom stereocenters. The first kappa shape index (κ1) is 11.4. The van der Waals surface area contributed by atoms with Crippen LogP contribution in [0, 0.1) is 5.92 Å².